The third-order valence-corrected chi connectivity index (χ3v) is 14.0. The first-order valence-electron chi connectivity index (χ1n) is 32.7. The van der Waals surface area contributed by atoms with E-state index in [0.717, 1.165) is 128 Å². The molecule has 0 aromatic rings. The van der Waals surface area contributed by atoms with Gasteiger partial charge < -0.3 is 14.2 Å². The average molecular weight is 1070 g/mol. The van der Waals surface area contributed by atoms with Crippen LogP contribution in [0.4, 0.5) is 0 Å². The third kappa shape index (κ3) is 63.0. The van der Waals surface area contributed by atoms with Crippen LogP contribution < -0.4 is 0 Å². The highest BCUT2D eigenvalue weighted by atomic mass is 16.6. The molecule has 0 aromatic carbocycles. The van der Waals surface area contributed by atoms with Gasteiger partial charge in [-0.1, -0.05) is 272 Å². The molecule has 0 fully saturated rings. The molecule has 0 N–H and O–H groups in total. The monoisotopic (exact) mass is 1070 g/mol. The zero-order valence-electron chi connectivity index (χ0n) is 50.7. The van der Waals surface area contributed by atoms with Crippen molar-refractivity contribution >= 4 is 17.9 Å². The van der Waals surface area contributed by atoms with Gasteiger partial charge in [0.1, 0.15) is 13.2 Å². The molecule has 0 amide bonds. The van der Waals surface area contributed by atoms with Crippen LogP contribution in [0.5, 0.6) is 0 Å². The summed E-state index contributed by atoms with van der Waals surface area (Å²) in [5, 5.41) is 0. The van der Waals surface area contributed by atoms with Crippen molar-refractivity contribution in [1.29, 1.82) is 0 Å². The Kier molecular flexibility index (Phi) is 61.8. The van der Waals surface area contributed by atoms with E-state index in [0.29, 0.717) is 19.3 Å². The second-order valence-electron chi connectivity index (χ2n) is 21.6. The summed E-state index contributed by atoms with van der Waals surface area (Å²) >= 11 is 0. The molecule has 0 bridgehead atoms. The molecule has 1 atom stereocenters. The van der Waals surface area contributed by atoms with Gasteiger partial charge >= 0.3 is 17.9 Å². The first-order chi connectivity index (χ1) is 38.0. The van der Waals surface area contributed by atoms with Crippen molar-refractivity contribution in [3.63, 3.8) is 0 Å². The summed E-state index contributed by atoms with van der Waals surface area (Å²) in [6.45, 7) is 6.48. The van der Waals surface area contributed by atoms with Crippen LogP contribution in [0.2, 0.25) is 0 Å². The van der Waals surface area contributed by atoms with E-state index in [4.69, 9.17) is 14.2 Å². The lowest BCUT2D eigenvalue weighted by atomic mass is 10.0. The molecule has 6 nitrogen and oxygen atoms in total. The SMILES string of the molecule is CC/C=C\C/C=C\C/C=C\C/C=C\CCCCCCCCCCCCCCCCCCC(=O)OCC(COC(=O)CCCCCCC/C=C\C/C=C\CCCCC)OC(=O)CCCCCCC/C=C\C/C=C\CCCCC. The Morgan fingerprint density at radius 1 is 0.273 bits per heavy atom. The molecule has 77 heavy (non-hydrogen) atoms. The number of unbranched alkanes of at least 4 members (excludes halogenated alkanes) is 32. The number of ether oxygens (including phenoxy) is 3. The van der Waals surface area contributed by atoms with Crippen molar-refractivity contribution in [2.75, 3.05) is 13.2 Å². The Bertz CT molecular complexity index is 1510. The minimum absolute atomic E-state index is 0.0858. The Hall–Kier alpha value is -3.67. The molecule has 0 aliphatic rings. The van der Waals surface area contributed by atoms with Gasteiger partial charge in [0.05, 0.1) is 0 Å². The van der Waals surface area contributed by atoms with Crippen LogP contribution in [0, 0.1) is 0 Å². The lowest BCUT2D eigenvalue weighted by Gasteiger charge is -2.18. The first-order valence-corrected chi connectivity index (χ1v) is 32.7. The molecular weight excluding hydrogens is 949 g/mol. The van der Waals surface area contributed by atoms with Gasteiger partial charge in [0, 0.05) is 19.3 Å². The number of hydrogen-bond acceptors (Lipinski definition) is 6. The Labute approximate surface area is 477 Å². The highest BCUT2D eigenvalue weighted by molar-refractivity contribution is 5.71. The highest BCUT2D eigenvalue weighted by Gasteiger charge is 2.19. The molecule has 0 aliphatic carbocycles. The van der Waals surface area contributed by atoms with Crippen LogP contribution in [-0.4, -0.2) is 37.2 Å². The van der Waals surface area contributed by atoms with Crippen LogP contribution >= 0.6 is 0 Å². The van der Waals surface area contributed by atoms with Crippen LogP contribution in [0.15, 0.2) is 97.2 Å². The Balaban J connectivity index is 4.25. The smallest absolute Gasteiger partial charge is 0.306 e. The lowest BCUT2D eigenvalue weighted by molar-refractivity contribution is -0.167. The summed E-state index contributed by atoms with van der Waals surface area (Å²) in [4.78, 5) is 38.3. The maximum absolute atomic E-state index is 12.9. The second-order valence-corrected chi connectivity index (χ2v) is 21.6. The molecule has 0 saturated heterocycles. The number of hydrogen-bond donors (Lipinski definition) is 0. The van der Waals surface area contributed by atoms with Gasteiger partial charge in [-0.2, -0.15) is 0 Å². The number of esters is 3. The highest BCUT2D eigenvalue weighted by Crippen LogP contribution is 2.16. The first kappa shape index (κ1) is 73.3. The fraction of sp³-hybridized carbons (Fsp3) is 0.732. The van der Waals surface area contributed by atoms with Crippen LogP contribution in [0.1, 0.15) is 316 Å². The third-order valence-electron chi connectivity index (χ3n) is 14.0. The molecule has 0 rings (SSSR count). The minimum Gasteiger partial charge on any atom is -0.462 e. The molecule has 0 aliphatic heterocycles. The topological polar surface area (TPSA) is 78.9 Å². The maximum atomic E-state index is 12.9. The van der Waals surface area contributed by atoms with Crippen LogP contribution in [0.3, 0.4) is 0 Å². The number of allylic oxidation sites excluding steroid dienone is 16. The summed E-state index contributed by atoms with van der Waals surface area (Å²) in [6.07, 6.45) is 87.0. The molecule has 6 heteroatoms. The average Bonchev–Trinajstić information content (AvgIpc) is 3.43. The summed E-state index contributed by atoms with van der Waals surface area (Å²) in [7, 11) is 0. The van der Waals surface area contributed by atoms with E-state index in [1.54, 1.807) is 0 Å². The number of carbonyl (C=O) groups excluding carboxylic acids is 3. The van der Waals surface area contributed by atoms with Crippen molar-refractivity contribution in [3.8, 4) is 0 Å². The molecule has 1 unspecified atom stereocenters. The van der Waals surface area contributed by atoms with E-state index >= 15 is 0 Å². The zero-order valence-corrected chi connectivity index (χ0v) is 50.7. The van der Waals surface area contributed by atoms with Gasteiger partial charge in [-0.3, -0.25) is 14.4 Å². The minimum atomic E-state index is -0.791. The lowest BCUT2D eigenvalue weighted by Crippen LogP contribution is -2.30. The standard InChI is InChI=1S/C71H122O6/c1-4-7-10-13-16-19-22-25-28-29-30-31-32-33-34-35-36-37-38-39-40-41-44-46-49-52-55-58-61-64-70(73)76-67-68(77-71(74)65-62-59-56-53-50-47-43-27-24-21-18-15-12-9-6-3)66-75-69(72)63-60-57-54-51-48-45-42-26-23-20-17-14-11-8-5-2/h7,10,16-21,25-28,30-31,42-43,68H,4-6,8-9,11-15,22-24,29,32-41,44-67H2,1-3H3/b10-7-,19-16-,20-17-,21-18-,28-25-,31-30-,42-26-,43-27-. The largest absolute Gasteiger partial charge is 0.462 e. The van der Waals surface area contributed by atoms with Gasteiger partial charge in [-0.05, 0) is 122 Å². The molecule has 0 aromatic heterocycles. The summed E-state index contributed by atoms with van der Waals surface area (Å²) in [5.41, 5.74) is 0. The van der Waals surface area contributed by atoms with E-state index in [1.165, 1.54) is 148 Å². The molecule has 0 saturated carbocycles. The quantitative estimate of drug-likeness (QED) is 0.0261. The molecule has 0 spiro atoms. The van der Waals surface area contributed by atoms with Crippen molar-refractivity contribution in [2.24, 2.45) is 0 Å². The van der Waals surface area contributed by atoms with Gasteiger partial charge in [-0.15, -0.1) is 0 Å². The van der Waals surface area contributed by atoms with E-state index in [9.17, 15) is 14.4 Å². The predicted molar refractivity (Wildman–Crippen MR) is 334 cm³/mol. The van der Waals surface area contributed by atoms with Crippen LogP contribution in [0.25, 0.3) is 0 Å². The molecule has 0 radical (unpaired) electrons. The van der Waals surface area contributed by atoms with E-state index < -0.39 is 6.10 Å². The normalized spacial score (nSPS) is 12.7. The molecule has 442 valence electrons. The predicted octanol–water partition coefficient (Wildman–Crippen LogP) is 22.4. The number of carbonyl (C=O) groups is 3. The van der Waals surface area contributed by atoms with Gasteiger partial charge in [0.2, 0.25) is 0 Å². The van der Waals surface area contributed by atoms with Gasteiger partial charge in [-0.25, -0.2) is 0 Å². The van der Waals surface area contributed by atoms with Gasteiger partial charge in [0.15, 0.2) is 6.10 Å². The molecular formula is C71H122O6. The van der Waals surface area contributed by atoms with E-state index in [1.807, 2.05) is 0 Å². The Morgan fingerprint density at radius 2 is 0.506 bits per heavy atom. The summed E-state index contributed by atoms with van der Waals surface area (Å²) in [6, 6.07) is 0. The van der Waals surface area contributed by atoms with E-state index in [2.05, 4.69) is 118 Å². The summed E-state index contributed by atoms with van der Waals surface area (Å²) < 4.78 is 16.9. The zero-order chi connectivity index (χ0) is 55.7. The Morgan fingerprint density at radius 3 is 0.792 bits per heavy atom. The van der Waals surface area contributed by atoms with E-state index in [-0.39, 0.29) is 31.1 Å². The fourth-order valence-electron chi connectivity index (χ4n) is 9.14. The summed E-state index contributed by atoms with van der Waals surface area (Å²) in [5.74, 6) is -0.903. The second kappa shape index (κ2) is 64.9. The van der Waals surface area contributed by atoms with Crippen molar-refractivity contribution < 1.29 is 28.6 Å². The molecule has 0 heterocycles. The fourth-order valence-corrected chi connectivity index (χ4v) is 9.14. The van der Waals surface area contributed by atoms with Crippen LogP contribution in [-0.2, 0) is 28.6 Å². The van der Waals surface area contributed by atoms with Crippen molar-refractivity contribution in [2.45, 2.75) is 322 Å². The van der Waals surface area contributed by atoms with Crippen molar-refractivity contribution in [3.05, 3.63) is 97.2 Å². The maximum Gasteiger partial charge on any atom is 0.306 e. The van der Waals surface area contributed by atoms with Crippen molar-refractivity contribution in [1.82, 2.24) is 0 Å². The number of rotatable bonds is 59. The van der Waals surface area contributed by atoms with Gasteiger partial charge in [0.25, 0.3) is 0 Å².